The second-order valence-corrected chi connectivity index (χ2v) is 2.80. The van der Waals surface area contributed by atoms with Crippen molar-refractivity contribution in [3.05, 3.63) is 40.9 Å². The molecule has 1 aromatic carbocycles. The summed E-state index contributed by atoms with van der Waals surface area (Å²) in [5.41, 5.74) is 0.841. The van der Waals surface area contributed by atoms with Gasteiger partial charge < -0.3 is 0 Å². The van der Waals surface area contributed by atoms with Gasteiger partial charge in [-0.05, 0) is 23.8 Å². The molecule has 1 aromatic rings. The minimum absolute atomic E-state index is 0.560. The van der Waals surface area contributed by atoms with Crippen LogP contribution >= 0.6 is 11.6 Å². The first-order valence-corrected chi connectivity index (χ1v) is 3.98. The summed E-state index contributed by atoms with van der Waals surface area (Å²) in [6, 6.07) is 8.47. The summed E-state index contributed by atoms with van der Waals surface area (Å²) < 4.78 is 0. The minimum atomic E-state index is -0.560. The van der Waals surface area contributed by atoms with E-state index in [0.717, 1.165) is 5.56 Å². The molecule has 2 nitrogen and oxygen atoms in total. The Morgan fingerprint density at radius 2 is 2.00 bits per heavy atom. The van der Waals surface area contributed by atoms with Gasteiger partial charge >= 0.3 is 0 Å². The summed E-state index contributed by atoms with van der Waals surface area (Å²) in [5, 5.41) is 8.83. The summed E-state index contributed by atoms with van der Waals surface area (Å²) in [6.07, 6.45) is 2.80. The van der Waals surface area contributed by atoms with E-state index < -0.39 is 5.78 Å². The molecule has 0 bridgehead atoms. The third-order valence-corrected chi connectivity index (χ3v) is 1.66. The minimum Gasteiger partial charge on any atom is -0.278 e. The topological polar surface area (TPSA) is 40.9 Å². The Morgan fingerprint density at radius 3 is 2.54 bits per heavy atom. The number of nitrogens with zero attached hydrogens (tertiary/aromatic N) is 1. The van der Waals surface area contributed by atoms with Gasteiger partial charge in [0.2, 0.25) is 0 Å². The molecule has 0 saturated heterocycles. The maximum Gasteiger partial charge on any atom is 0.255 e. The van der Waals surface area contributed by atoms with Gasteiger partial charge in [0.05, 0.1) is 0 Å². The van der Waals surface area contributed by atoms with Gasteiger partial charge in [0, 0.05) is 5.02 Å². The van der Waals surface area contributed by atoms with Crippen LogP contribution in [0.15, 0.2) is 30.3 Å². The zero-order valence-corrected chi connectivity index (χ0v) is 7.45. The highest BCUT2D eigenvalue weighted by Gasteiger charge is 1.91. The van der Waals surface area contributed by atoms with Gasteiger partial charge in [-0.3, -0.25) is 4.79 Å². The zero-order chi connectivity index (χ0) is 9.68. The van der Waals surface area contributed by atoms with E-state index >= 15 is 0 Å². The molecule has 3 heteroatoms. The predicted octanol–water partition coefficient (Wildman–Crippen LogP) is 2.45. The Morgan fingerprint density at radius 1 is 1.38 bits per heavy atom. The van der Waals surface area contributed by atoms with Crippen LogP contribution < -0.4 is 0 Å². The van der Waals surface area contributed by atoms with Crippen molar-refractivity contribution in [1.82, 2.24) is 0 Å². The average molecular weight is 192 g/mol. The molecule has 13 heavy (non-hydrogen) atoms. The molecule has 0 heterocycles. The number of carbonyl (C=O) groups excluding carboxylic acids is 1. The molecule has 0 aliphatic rings. The summed E-state index contributed by atoms with van der Waals surface area (Å²) in [4.78, 5) is 10.6. The Balaban J connectivity index is 2.76. The summed E-state index contributed by atoms with van der Waals surface area (Å²) in [7, 11) is 0. The number of rotatable bonds is 2. The monoisotopic (exact) mass is 191 g/mol. The number of hydrogen-bond donors (Lipinski definition) is 0. The maximum atomic E-state index is 10.6. The summed E-state index contributed by atoms with van der Waals surface area (Å²) in [6.45, 7) is 0. The molecule has 1 rings (SSSR count). The van der Waals surface area contributed by atoms with Crippen LogP contribution in [-0.2, 0) is 4.79 Å². The molecule has 0 aromatic heterocycles. The van der Waals surface area contributed by atoms with Crippen LogP contribution in [0.4, 0.5) is 0 Å². The second-order valence-electron chi connectivity index (χ2n) is 2.36. The second kappa shape index (κ2) is 4.44. The molecule has 0 atom stereocenters. The van der Waals surface area contributed by atoms with Crippen LogP contribution in [0.2, 0.25) is 5.02 Å². The number of hydrogen-bond acceptors (Lipinski definition) is 2. The fourth-order valence-electron chi connectivity index (χ4n) is 0.783. The molecule has 0 unspecified atom stereocenters. The zero-order valence-electron chi connectivity index (χ0n) is 6.70. The standard InChI is InChI=1S/C10H6ClNO/c11-9-4-1-8(2-5-9)3-6-10(13)7-12/h1-6H/b6-3+. The molecule has 0 amide bonds. The third kappa shape index (κ3) is 3.10. The molecule has 0 spiro atoms. The van der Waals surface area contributed by atoms with Crippen molar-refractivity contribution in [2.45, 2.75) is 0 Å². The number of benzene rings is 1. The normalized spacial score (nSPS) is 9.85. The van der Waals surface area contributed by atoms with E-state index in [2.05, 4.69) is 0 Å². The Hall–Kier alpha value is -1.59. The van der Waals surface area contributed by atoms with Crippen LogP contribution in [0.5, 0.6) is 0 Å². The lowest BCUT2D eigenvalue weighted by atomic mass is 10.2. The van der Waals surface area contributed by atoms with E-state index in [1.807, 2.05) is 0 Å². The maximum absolute atomic E-state index is 10.6. The largest absolute Gasteiger partial charge is 0.278 e. The van der Waals surface area contributed by atoms with E-state index in [9.17, 15) is 4.79 Å². The van der Waals surface area contributed by atoms with Gasteiger partial charge in [-0.15, -0.1) is 0 Å². The number of ketones is 1. The van der Waals surface area contributed by atoms with Crippen molar-refractivity contribution < 1.29 is 4.79 Å². The van der Waals surface area contributed by atoms with Crippen LogP contribution in [0.3, 0.4) is 0 Å². The lowest BCUT2D eigenvalue weighted by molar-refractivity contribution is -0.109. The quantitative estimate of drug-likeness (QED) is 0.532. The Labute approximate surface area is 81.1 Å². The molecule has 0 aliphatic heterocycles. The van der Waals surface area contributed by atoms with E-state index in [4.69, 9.17) is 16.9 Å². The SMILES string of the molecule is N#CC(=O)/C=C/c1ccc(Cl)cc1. The molecule has 0 aliphatic carbocycles. The molecule has 64 valence electrons. The first kappa shape index (κ1) is 9.50. The van der Waals surface area contributed by atoms with Crippen LogP contribution in [0, 0.1) is 11.3 Å². The van der Waals surface area contributed by atoms with Gasteiger partial charge in [-0.1, -0.05) is 29.8 Å². The first-order valence-electron chi connectivity index (χ1n) is 3.60. The predicted molar refractivity (Wildman–Crippen MR) is 51.1 cm³/mol. The van der Waals surface area contributed by atoms with Gasteiger partial charge in [-0.2, -0.15) is 5.26 Å². The van der Waals surface area contributed by atoms with Crippen LogP contribution in [0.1, 0.15) is 5.56 Å². The fraction of sp³-hybridized carbons (Fsp3) is 0. The van der Waals surface area contributed by atoms with Crippen molar-refractivity contribution in [1.29, 1.82) is 5.26 Å². The van der Waals surface area contributed by atoms with Crippen molar-refractivity contribution in [3.63, 3.8) is 0 Å². The molecule has 0 N–H and O–H groups in total. The summed E-state index contributed by atoms with van der Waals surface area (Å²) >= 11 is 5.66. The highest BCUT2D eigenvalue weighted by atomic mass is 35.5. The van der Waals surface area contributed by atoms with Crippen molar-refractivity contribution in [2.24, 2.45) is 0 Å². The van der Waals surface area contributed by atoms with E-state index in [-0.39, 0.29) is 0 Å². The molecular formula is C10H6ClNO. The smallest absolute Gasteiger partial charge is 0.255 e. The highest BCUT2D eigenvalue weighted by Crippen LogP contribution is 2.10. The first-order chi connectivity index (χ1) is 6.22. The van der Waals surface area contributed by atoms with Gasteiger partial charge in [0.25, 0.3) is 5.78 Å². The molecule has 0 radical (unpaired) electrons. The lowest BCUT2D eigenvalue weighted by Gasteiger charge is -1.91. The van der Waals surface area contributed by atoms with Gasteiger partial charge in [0.1, 0.15) is 6.07 Å². The molecular weight excluding hydrogens is 186 g/mol. The van der Waals surface area contributed by atoms with E-state index in [1.165, 1.54) is 12.1 Å². The van der Waals surface area contributed by atoms with Crippen molar-refractivity contribution in [2.75, 3.05) is 0 Å². The Bertz CT molecular complexity index is 373. The van der Waals surface area contributed by atoms with E-state index in [1.54, 1.807) is 30.3 Å². The average Bonchev–Trinajstić information content (AvgIpc) is 2.16. The van der Waals surface area contributed by atoms with Gasteiger partial charge in [0.15, 0.2) is 0 Å². The number of allylic oxidation sites excluding steroid dienone is 1. The van der Waals surface area contributed by atoms with Crippen LogP contribution in [0.25, 0.3) is 6.08 Å². The number of halogens is 1. The molecule has 0 saturated carbocycles. The van der Waals surface area contributed by atoms with Crippen LogP contribution in [-0.4, -0.2) is 5.78 Å². The fourth-order valence-corrected chi connectivity index (χ4v) is 0.909. The highest BCUT2D eigenvalue weighted by molar-refractivity contribution is 6.30. The number of nitriles is 1. The summed E-state index contributed by atoms with van der Waals surface area (Å²) in [5.74, 6) is -0.560. The third-order valence-electron chi connectivity index (χ3n) is 1.41. The van der Waals surface area contributed by atoms with E-state index in [0.29, 0.717) is 5.02 Å². The van der Waals surface area contributed by atoms with Gasteiger partial charge in [-0.25, -0.2) is 0 Å². The Kier molecular flexibility index (Phi) is 3.24. The van der Waals surface area contributed by atoms with Crippen molar-refractivity contribution >= 4 is 23.5 Å². The lowest BCUT2D eigenvalue weighted by Crippen LogP contribution is -1.83. The number of carbonyl (C=O) groups is 1. The van der Waals surface area contributed by atoms with Crippen molar-refractivity contribution in [3.8, 4) is 6.07 Å². The molecule has 0 fully saturated rings.